The van der Waals surface area contributed by atoms with E-state index in [9.17, 15) is 17.6 Å². The number of rotatable bonds is 3. The highest BCUT2D eigenvalue weighted by atomic mass is 79.9. The van der Waals surface area contributed by atoms with E-state index in [4.69, 9.17) is 0 Å². The van der Waals surface area contributed by atoms with Gasteiger partial charge in [0.2, 0.25) is 6.08 Å². The van der Waals surface area contributed by atoms with E-state index in [2.05, 4.69) is 20.9 Å². The summed E-state index contributed by atoms with van der Waals surface area (Å²) in [5.74, 6) is -0.834. The Labute approximate surface area is 118 Å². The summed E-state index contributed by atoms with van der Waals surface area (Å²) in [6, 6.07) is 2.65. The van der Waals surface area contributed by atoms with Gasteiger partial charge in [-0.05, 0) is 52.9 Å². The van der Waals surface area contributed by atoms with E-state index in [-0.39, 0.29) is 9.37 Å². The van der Waals surface area contributed by atoms with Gasteiger partial charge < -0.3 is 0 Å². The van der Waals surface area contributed by atoms with Gasteiger partial charge in [0.1, 0.15) is 10.7 Å². The fourth-order valence-electron chi connectivity index (χ4n) is 2.25. The molecule has 2 rings (SSSR count). The fraction of sp³-hybridized carbons (Fsp3) is 0.417. The molecule has 0 amide bonds. The molecule has 102 valence electrons. The van der Waals surface area contributed by atoms with Crippen molar-refractivity contribution in [1.82, 2.24) is 0 Å². The third kappa shape index (κ3) is 2.50. The molecule has 0 saturated heterocycles. The van der Waals surface area contributed by atoms with Crippen molar-refractivity contribution in [3.8, 4) is 0 Å². The first-order chi connectivity index (χ1) is 8.80. The van der Waals surface area contributed by atoms with Crippen molar-refractivity contribution < 1.29 is 17.6 Å². The molecule has 7 heteroatoms. The third-order valence-electron chi connectivity index (χ3n) is 3.35. The number of halogens is 2. The zero-order valence-electron chi connectivity index (χ0n) is 10.1. The Balaban J connectivity index is 2.61. The lowest BCUT2D eigenvalue weighted by molar-refractivity contribution is 0.254. The van der Waals surface area contributed by atoms with Gasteiger partial charge in [-0.3, -0.25) is 0 Å². The Morgan fingerprint density at radius 3 is 2.42 bits per heavy atom. The molecular formula is C12H11BrFNO3S. The summed E-state index contributed by atoms with van der Waals surface area (Å²) >= 11 is 3.07. The first-order valence-corrected chi connectivity index (χ1v) is 8.27. The molecule has 0 heterocycles. The lowest BCUT2D eigenvalue weighted by Gasteiger charge is -2.37. The van der Waals surface area contributed by atoms with Crippen molar-refractivity contribution in [2.24, 2.45) is 4.99 Å². The molecule has 0 N–H and O–H groups in total. The van der Waals surface area contributed by atoms with Crippen LogP contribution in [0.15, 0.2) is 26.5 Å². The molecule has 1 aromatic rings. The van der Waals surface area contributed by atoms with E-state index in [0.29, 0.717) is 18.4 Å². The van der Waals surface area contributed by atoms with Crippen LogP contribution in [-0.2, 0) is 20.2 Å². The highest BCUT2D eigenvalue weighted by Crippen LogP contribution is 2.46. The summed E-state index contributed by atoms with van der Waals surface area (Å²) in [5.41, 5.74) is -0.250. The molecule has 1 aliphatic carbocycles. The molecule has 1 fully saturated rings. The summed E-state index contributed by atoms with van der Waals surface area (Å²) < 4.78 is 37.1. The van der Waals surface area contributed by atoms with Crippen molar-refractivity contribution in [3.05, 3.63) is 28.0 Å². The van der Waals surface area contributed by atoms with Gasteiger partial charge in [-0.25, -0.2) is 17.6 Å². The number of aliphatic imine (C=N–C) groups is 1. The number of hydrogen-bond donors (Lipinski definition) is 0. The maximum atomic E-state index is 14.0. The predicted molar refractivity (Wildman–Crippen MR) is 70.9 cm³/mol. The normalized spacial score (nSPS) is 17.4. The highest BCUT2D eigenvalue weighted by Gasteiger charge is 2.40. The molecule has 0 aromatic heterocycles. The average Bonchev–Trinajstić information content (AvgIpc) is 2.20. The molecule has 0 unspecified atom stereocenters. The van der Waals surface area contributed by atoms with Crippen LogP contribution in [0.4, 0.5) is 4.39 Å². The zero-order valence-corrected chi connectivity index (χ0v) is 12.5. The second-order valence-electron chi connectivity index (χ2n) is 4.63. The molecule has 0 radical (unpaired) electrons. The van der Waals surface area contributed by atoms with Crippen LogP contribution in [0.5, 0.6) is 0 Å². The number of hydrogen-bond acceptors (Lipinski definition) is 4. The minimum atomic E-state index is -3.66. The van der Waals surface area contributed by atoms with Gasteiger partial charge in [-0.2, -0.15) is 4.99 Å². The van der Waals surface area contributed by atoms with Gasteiger partial charge in [-0.15, -0.1) is 0 Å². The van der Waals surface area contributed by atoms with Gasteiger partial charge in [-0.1, -0.05) is 0 Å². The molecule has 0 aliphatic heterocycles. The monoisotopic (exact) mass is 347 g/mol. The van der Waals surface area contributed by atoms with Crippen LogP contribution in [0, 0.1) is 5.82 Å². The second kappa shape index (κ2) is 4.81. The minimum absolute atomic E-state index is 0.150. The SMILES string of the molecule is CS(=O)(=O)c1c(F)cc(C2(N=C=O)CCC2)cc1Br. The van der Waals surface area contributed by atoms with E-state index in [1.807, 2.05) is 0 Å². The summed E-state index contributed by atoms with van der Waals surface area (Å²) in [6.07, 6.45) is 4.60. The summed E-state index contributed by atoms with van der Waals surface area (Å²) in [5, 5.41) is 0. The van der Waals surface area contributed by atoms with Crippen LogP contribution in [-0.4, -0.2) is 20.8 Å². The molecule has 0 bridgehead atoms. The lowest BCUT2D eigenvalue weighted by Crippen LogP contribution is -2.32. The number of nitrogens with zero attached hydrogens (tertiary/aromatic N) is 1. The van der Waals surface area contributed by atoms with Crippen molar-refractivity contribution in [1.29, 1.82) is 0 Å². The smallest absolute Gasteiger partial charge is 0.224 e. The quantitative estimate of drug-likeness (QED) is 0.623. The van der Waals surface area contributed by atoms with Crippen LogP contribution in [0.25, 0.3) is 0 Å². The van der Waals surface area contributed by atoms with Gasteiger partial charge >= 0.3 is 0 Å². The molecule has 0 atom stereocenters. The lowest BCUT2D eigenvalue weighted by atomic mass is 9.72. The van der Waals surface area contributed by atoms with E-state index in [0.717, 1.165) is 18.7 Å². The van der Waals surface area contributed by atoms with Crippen LogP contribution >= 0.6 is 15.9 Å². The van der Waals surface area contributed by atoms with E-state index in [1.54, 1.807) is 0 Å². The first kappa shape index (κ1) is 14.4. The summed E-state index contributed by atoms with van der Waals surface area (Å²) in [4.78, 5) is 13.9. The standard InChI is InChI=1S/C12H11BrFNO3S/c1-19(17,18)11-9(13)5-8(6-10(11)14)12(15-7-16)3-2-4-12/h5-6H,2-4H2,1H3. The number of carbonyl (C=O) groups excluding carboxylic acids is 1. The first-order valence-electron chi connectivity index (χ1n) is 5.59. The van der Waals surface area contributed by atoms with Crippen molar-refractivity contribution >= 4 is 31.8 Å². The largest absolute Gasteiger partial charge is 0.235 e. The maximum Gasteiger partial charge on any atom is 0.235 e. The minimum Gasteiger partial charge on any atom is -0.224 e. The molecule has 1 aliphatic rings. The predicted octanol–water partition coefficient (Wildman–Crippen LogP) is 2.71. The van der Waals surface area contributed by atoms with Crippen molar-refractivity contribution in [3.63, 3.8) is 0 Å². The van der Waals surface area contributed by atoms with Crippen molar-refractivity contribution in [2.45, 2.75) is 29.7 Å². The van der Waals surface area contributed by atoms with E-state index >= 15 is 0 Å². The summed E-state index contributed by atoms with van der Waals surface area (Å²) in [7, 11) is -3.66. The van der Waals surface area contributed by atoms with E-state index in [1.165, 1.54) is 12.1 Å². The molecule has 19 heavy (non-hydrogen) atoms. The average molecular weight is 348 g/mol. The Morgan fingerprint density at radius 2 is 2.05 bits per heavy atom. The Hall–Kier alpha value is -1.04. The van der Waals surface area contributed by atoms with Gasteiger partial charge in [0.15, 0.2) is 9.84 Å². The van der Waals surface area contributed by atoms with Gasteiger partial charge in [0, 0.05) is 10.7 Å². The summed E-state index contributed by atoms with van der Waals surface area (Å²) in [6.45, 7) is 0. The highest BCUT2D eigenvalue weighted by molar-refractivity contribution is 9.10. The molecule has 0 spiro atoms. The van der Waals surface area contributed by atoms with Crippen LogP contribution in [0.3, 0.4) is 0 Å². The molecular weight excluding hydrogens is 337 g/mol. The van der Waals surface area contributed by atoms with Crippen LogP contribution in [0.2, 0.25) is 0 Å². The molecule has 4 nitrogen and oxygen atoms in total. The zero-order chi connectivity index (χ0) is 14.3. The second-order valence-corrected chi connectivity index (χ2v) is 7.44. The Kier molecular flexibility index (Phi) is 3.64. The number of isocyanates is 1. The van der Waals surface area contributed by atoms with Crippen LogP contribution in [0.1, 0.15) is 24.8 Å². The van der Waals surface area contributed by atoms with Gasteiger partial charge in [0.05, 0.1) is 5.54 Å². The Bertz CT molecular complexity index is 653. The van der Waals surface area contributed by atoms with Gasteiger partial charge in [0.25, 0.3) is 0 Å². The number of benzene rings is 1. The Morgan fingerprint density at radius 1 is 1.42 bits per heavy atom. The fourth-order valence-corrected chi connectivity index (χ4v) is 4.39. The van der Waals surface area contributed by atoms with Crippen molar-refractivity contribution in [2.75, 3.05) is 6.26 Å². The topological polar surface area (TPSA) is 63.6 Å². The van der Waals surface area contributed by atoms with E-state index < -0.39 is 21.2 Å². The number of sulfone groups is 1. The third-order valence-corrected chi connectivity index (χ3v) is 5.39. The molecule has 1 aromatic carbocycles. The van der Waals surface area contributed by atoms with Crippen LogP contribution < -0.4 is 0 Å². The maximum absolute atomic E-state index is 14.0. The molecule has 1 saturated carbocycles.